The lowest BCUT2D eigenvalue weighted by atomic mass is 9.71. The van der Waals surface area contributed by atoms with E-state index in [0.717, 1.165) is 15.6 Å². The van der Waals surface area contributed by atoms with Crippen molar-refractivity contribution in [2.24, 2.45) is 0 Å². The van der Waals surface area contributed by atoms with Crippen molar-refractivity contribution in [2.75, 3.05) is 13.1 Å². The average Bonchev–Trinajstić information content (AvgIpc) is 2.57. The van der Waals surface area contributed by atoms with E-state index in [1.807, 2.05) is 54.6 Å². The van der Waals surface area contributed by atoms with Gasteiger partial charge in [0, 0.05) is 23.0 Å². The molecule has 130 valence electrons. The third-order valence-electron chi connectivity index (χ3n) is 4.40. The van der Waals surface area contributed by atoms with Crippen LogP contribution in [0.2, 0.25) is 0 Å². The van der Waals surface area contributed by atoms with Crippen LogP contribution >= 0.6 is 15.9 Å². The molecule has 2 aromatic carbocycles. The number of ether oxygens (including phenoxy) is 1. The van der Waals surface area contributed by atoms with Crippen LogP contribution in [0.4, 0.5) is 4.79 Å². The van der Waals surface area contributed by atoms with Gasteiger partial charge in [0.1, 0.15) is 6.61 Å². The Morgan fingerprint density at radius 2 is 1.72 bits per heavy atom. The van der Waals surface area contributed by atoms with Crippen LogP contribution in [0.15, 0.2) is 59.1 Å². The van der Waals surface area contributed by atoms with E-state index in [9.17, 15) is 14.7 Å². The maximum Gasteiger partial charge on any atom is 0.410 e. The van der Waals surface area contributed by atoms with Gasteiger partial charge in [0.25, 0.3) is 0 Å². The number of rotatable bonds is 5. The molecule has 25 heavy (non-hydrogen) atoms. The summed E-state index contributed by atoms with van der Waals surface area (Å²) in [6.07, 6.45) is -0.432. The normalized spacial score (nSPS) is 15.3. The van der Waals surface area contributed by atoms with Crippen molar-refractivity contribution >= 4 is 28.0 Å². The molecule has 0 radical (unpaired) electrons. The molecule has 0 atom stereocenters. The molecule has 0 saturated carbocycles. The number of hydrogen-bond donors (Lipinski definition) is 1. The molecule has 1 saturated heterocycles. The van der Waals surface area contributed by atoms with Crippen molar-refractivity contribution in [3.05, 3.63) is 70.2 Å². The number of amides is 1. The second-order valence-electron chi connectivity index (χ2n) is 6.25. The summed E-state index contributed by atoms with van der Waals surface area (Å²) in [5.74, 6) is -0.875. The van der Waals surface area contributed by atoms with E-state index in [1.165, 1.54) is 0 Å². The van der Waals surface area contributed by atoms with E-state index < -0.39 is 17.5 Å². The predicted octanol–water partition coefficient (Wildman–Crippen LogP) is 3.81. The molecule has 1 N–H and O–H groups in total. The molecule has 1 aliphatic heterocycles. The highest BCUT2D eigenvalue weighted by Gasteiger charge is 2.48. The van der Waals surface area contributed by atoms with Gasteiger partial charge in [-0.15, -0.1) is 0 Å². The fourth-order valence-electron chi connectivity index (χ4n) is 3.11. The van der Waals surface area contributed by atoms with Gasteiger partial charge in [-0.2, -0.15) is 0 Å². The summed E-state index contributed by atoms with van der Waals surface area (Å²) in [6.45, 7) is 0.892. The van der Waals surface area contributed by atoms with Gasteiger partial charge in [-0.1, -0.05) is 58.4 Å². The van der Waals surface area contributed by atoms with E-state index in [4.69, 9.17) is 4.74 Å². The summed E-state index contributed by atoms with van der Waals surface area (Å²) < 4.78 is 6.25. The van der Waals surface area contributed by atoms with Gasteiger partial charge in [-0.05, 0) is 23.3 Å². The van der Waals surface area contributed by atoms with Crippen LogP contribution in [0.25, 0.3) is 0 Å². The number of hydrogen-bond acceptors (Lipinski definition) is 3. The molecule has 1 heterocycles. The quantitative estimate of drug-likeness (QED) is 0.823. The number of carbonyl (C=O) groups is 2. The Kier molecular flexibility index (Phi) is 5.08. The number of aliphatic carboxylic acids is 1. The Balaban J connectivity index is 1.64. The van der Waals surface area contributed by atoms with Crippen LogP contribution in [-0.2, 0) is 21.6 Å². The van der Waals surface area contributed by atoms with Crippen molar-refractivity contribution in [1.29, 1.82) is 0 Å². The maximum atomic E-state index is 12.2. The summed E-state index contributed by atoms with van der Waals surface area (Å²) in [6, 6.07) is 17.0. The zero-order valence-electron chi connectivity index (χ0n) is 13.5. The number of carbonyl (C=O) groups excluding carboxylic acids is 1. The molecule has 0 unspecified atom stereocenters. The van der Waals surface area contributed by atoms with Gasteiger partial charge in [-0.3, -0.25) is 4.79 Å². The third kappa shape index (κ3) is 4.02. The molecule has 1 amide bonds. The first kappa shape index (κ1) is 17.5. The molecule has 0 bridgehead atoms. The zero-order valence-corrected chi connectivity index (χ0v) is 15.1. The van der Waals surface area contributed by atoms with Crippen molar-refractivity contribution in [3.8, 4) is 0 Å². The first-order valence-corrected chi connectivity index (χ1v) is 8.71. The highest BCUT2D eigenvalue weighted by Crippen LogP contribution is 2.38. The second kappa shape index (κ2) is 7.27. The Labute approximate surface area is 154 Å². The largest absolute Gasteiger partial charge is 0.481 e. The third-order valence-corrected chi connectivity index (χ3v) is 4.93. The number of carboxylic acid groups (broad SMARTS) is 1. The van der Waals surface area contributed by atoms with Crippen molar-refractivity contribution in [2.45, 2.75) is 18.4 Å². The number of nitrogens with zero attached hydrogens (tertiary/aromatic N) is 1. The summed E-state index contributed by atoms with van der Waals surface area (Å²) in [5.41, 5.74) is 1.28. The molecule has 3 rings (SSSR count). The van der Waals surface area contributed by atoms with Gasteiger partial charge in [0.05, 0.1) is 6.42 Å². The average molecular weight is 404 g/mol. The fraction of sp³-hybridized carbons (Fsp3) is 0.263. The van der Waals surface area contributed by atoms with Gasteiger partial charge < -0.3 is 14.7 Å². The topological polar surface area (TPSA) is 66.8 Å². The van der Waals surface area contributed by atoms with E-state index in [0.29, 0.717) is 13.1 Å². The number of carboxylic acids is 1. The van der Waals surface area contributed by atoms with Gasteiger partial charge in [-0.25, -0.2) is 4.79 Å². The molecule has 0 aromatic heterocycles. The predicted molar refractivity (Wildman–Crippen MR) is 96.3 cm³/mol. The Hall–Kier alpha value is -2.34. The smallest absolute Gasteiger partial charge is 0.410 e. The van der Waals surface area contributed by atoms with E-state index >= 15 is 0 Å². The molecular weight excluding hydrogens is 386 g/mol. The standard InChI is InChI=1S/C19H18BrNO4/c20-16-8-6-15(7-9-16)19(10-17(22)23)12-21(13-19)18(24)25-11-14-4-2-1-3-5-14/h1-9H,10-13H2,(H,22,23). The summed E-state index contributed by atoms with van der Waals surface area (Å²) in [7, 11) is 0. The fourth-order valence-corrected chi connectivity index (χ4v) is 3.38. The molecule has 5 nitrogen and oxygen atoms in total. The molecule has 1 fully saturated rings. The highest BCUT2D eigenvalue weighted by atomic mass is 79.9. The first-order chi connectivity index (χ1) is 12.0. The number of benzene rings is 2. The minimum atomic E-state index is -0.875. The van der Waals surface area contributed by atoms with E-state index in [-0.39, 0.29) is 13.0 Å². The second-order valence-corrected chi connectivity index (χ2v) is 7.17. The SMILES string of the molecule is O=C(O)CC1(c2ccc(Br)cc2)CN(C(=O)OCc2ccccc2)C1. The lowest BCUT2D eigenvalue weighted by molar-refractivity contribution is -0.140. The van der Waals surface area contributed by atoms with E-state index in [2.05, 4.69) is 15.9 Å². The van der Waals surface area contributed by atoms with Gasteiger partial charge in [0.2, 0.25) is 0 Å². The summed E-state index contributed by atoms with van der Waals surface area (Å²) >= 11 is 3.38. The number of halogens is 1. The van der Waals surface area contributed by atoms with Crippen molar-refractivity contribution in [1.82, 2.24) is 4.90 Å². The zero-order chi connectivity index (χ0) is 17.9. The van der Waals surface area contributed by atoms with Crippen LogP contribution < -0.4 is 0 Å². The van der Waals surface area contributed by atoms with Gasteiger partial charge >= 0.3 is 12.1 Å². The summed E-state index contributed by atoms with van der Waals surface area (Å²) in [4.78, 5) is 25.0. The molecular formula is C19H18BrNO4. The first-order valence-electron chi connectivity index (χ1n) is 7.92. The maximum absolute atomic E-state index is 12.2. The highest BCUT2D eigenvalue weighted by molar-refractivity contribution is 9.10. The monoisotopic (exact) mass is 403 g/mol. The molecule has 1 aliphatic rings. The van der Waals surface area contributed by atoms with Crippen LogP contribution in [0.5, 0.6) is 0 Å². The van der Waals surface area contributed by atoms with Crippen LogP contribution in [-0.4, -0.2) is 35.2 Å². The van der Waals surface area contributed by atoms with Crippen LogP contribution in [0, 0.1) is 0 Å². The van der Waals surface area contributed by atoms with Crippen LogP contribution in [0.1, 0.15) is 17.5 Å². The van der Waals surface area contributed by atoms with Crippen LogP contribution in [0.3, 0.4) is 0 Å². The van der Waals surface area contributed by atoms with E-state index in [1.54, 1.807) is 4.90 Å². The molecule has 0 spiro atoms. The minimum Gasteiger partial charge on any atom is -0.481 e. The van der Waals surface area contributed by atoms with Crippen molar-refractivity contribution < 1.29 is 19.4 Å². The lowest BCUT2D eigenvalue weighted by Crippen LogP contribution is -2.62. The van der Waals surface area contributed by atoms with Gasteiger partial charge in [0.15, 0.2) is 0 Å². The number of likely N-dealkylation sites (tertiary alicyclic amines) is 1. The Morgan fingerprint density at radius 3 is 2.32 bits per heavy atom. The Bertz CT molecular complexity index is 755. The van der Waals surface area contributed by atoms with Crippen molar-refractivity contribution in [3.63, 3.8) is 0 Å². The molecule has 0 aliphatic carbocycles. The minimum absolute atomic E-state index is 0.0168. The molecule has 2 aromatic rings. The summed E-state index contributed by atoms with van der Waals surface area (Å²) in [5, 5.41) is 9.26. The Morgan fingerprint density at radius 1 is 1.08 bits per heavy atom. The lowest BCUT2D eigenvalue weighted by Gasteiger charge is -2.49. The molecule has 6 heteroatoms.